The molecule has 0 spiro atoms. The Balaban J connectivity index is 1.71. The number of carbonyl (C=O) groups excluding carboxylic acids is 2. The highest BCUT2D eigenvalue weighted by Gasteiger charge is 2.24. The first kappa shape index (κ1) is 23.5. The highest BCUT2D eigenvalue weighted by molar-refractivity contribution is 6.04. The Hall–Kier alpha value is -3.62. The van der Waals surface area contributed by atoms with Crippen LogP contribution in [0.2, 0.25) is 0 Å². The molecule has 0 aliphatic carbocycles. The number of carbonyl (C=O) groups is 2. The maximum absolute atomic E-state index is 13.2. The Morgan fingerprint density at radius 3 is 2.53 bits per heavy atom. The summed E-state index contributed by atoms with van der Waals surface area (Å²) in [4.78, 5) is 30.3. The van der Waals surface area contributed by atoms with Crippen molar-refractivity contribution < 1.29 is 23.8 Å². The van der Waals surface area contributed by atoms with Crippen LogP contribution in [0.15, 0.2) is 30.5 Å². The Morgan fingerprint density at radius 2 is 1.82 bits per heavy atom. The summed E-state index contributed by atoms with van der Waals surface area (Å²) >= 11 is 0. The van der Waals surface area contributed by atoms with Crippen molar-refractivity contribution in [2.75, 3.05) is 19.8 Å². The first-order chi connectivity index (χ1) is 16.2. The van der Waals surface area contributed by atoms with Gasteiger partial charge in [0.2, 0.25) is 0 Å². The SMILES string of the molecule is CC(C)CNC(=O)C(C)OC(=O)c1cc(-c2ccc3c(c2)OCCO3)nc2c1cnn2C(C)C. The van der Waals surface area contributed by atoms with Gasteiger partial charge in [-0.1, -0.05) is 13.8 Å². The molecule has 3 heterocycles. The first-order valence-electron chi connectivity index (χ1n) is 11.5. The molecular formula is C25H30N4O5. The molecule has 1 atom stereocenters. The number of amides is 1. The van der Waals surface area contributed by atoms with Gasteiger partial charge in [0.05, 0.1) is 22.8 Å². The second-order valence-electron chi connectivity index (χ2n) is 9.02. The second-order valence-corrected chi connectivity index (χ2v) is 9.02. The number of nitrogens with zero attached hydrogens (tertiary/aromatic N) is 3. The van der Waals surface area contributed by atoms with Gasteiger partial charge in [-0.05, 0) is 51.0 Å². The summed E-state index contributed by atoms with van der Waals surface area (Å²) in [5.41, 5.74) is 2.19. The molecule has 0 bridgehead atoms. The third-order valence-corrected chi connectivity index (χ3v) is 5.45. The Labute approximate surface area is 198 Å². The van der Waals surface area contributed by atoms with Gasteiger partial charge in [-0.2, -0.15) is 5.10 Å². The number of hydrogen-bond acceptors (Lipinski definition) is 7. The Morgan fingerprint density at radius 1 is 1.09 bits per heavy atom. The van der Waals surface area contributed by atoms with Gasteiger partial charge < -0.3 is 19.5 Å². The number of fused-ring (bicyclic) bond motifs is 2. The summed E-state index contributed by atoms with van der Waals surface area (Å²) in [7, 11) is 0. The maximum atomic E-state index is 13.2. The van der Waals surface area contributed by atoms with Crippen LogP contribution in [0.3, 0.4) is 0 Å². The number of hydrogen-bond donors (Lipinski definition) is 1. The minimum Gasteiger partial charge on any atom is -0.486 e. The van der Waals surface area contributed by atoms with E-state index in [1.165, 1.54) is 0 Å². The van der Waals surface area contributed by atoms with Crippen molar-refractivity contribution in [3.8, 4) is 22.8 Å². The van der Waals surface area contributed by atoms with Gasteiger partial charge in [-0.25, -0.2) is 14.5 Å². The highest BCUT2D eigenvalue weighted by atomic mass is 16.6. The summed E-state index contributed by atoms with van der Waals surface area (Å²) < 4.78 is 18.6. The number of pyridine rings is 1. The fourth-order valence-electron chi connectivity index (χ4n) is 3.64. The average molecular weight is 467 g/mol. The van der Waals surface area contributed by atoms with E-state index in [1.54, 1.807) is 23.9 Å². The zero-order valence-electron chi connectivity index (χ0n) is 20.1. The molecule has 0 radical (unpaired) electrons. The van der Waals surface area contributed by atoms with Crippen LogP contribution < -0.4 is 14.8 Å². The lowest BCUT2D eigenvalue weighted by Crippen LogP contribution is -2.37. The quantitative estimate of drug-likeness (QED) is 0.529. The molecule has 1 aliphatic heterocycles. The van der Waals surface area contributed by atoms with E-state index < -0.39 is 12.1 Å². The first-order valence-corrected chi connectivity index (χ1v) is 11.5. The number of aromatic nitrogens is 3. The predicted octanol–water partition coefficient (Wildman–Crippen LogP) is 3.77. The van der Waals surface area contributed by atoms with Crippen molar-refractivity contribution in [2.24, 2.45) is 5.92 Å². The molecule has 2 aromatic heterocycles. The average Bonchev–Trinajstić information content (AvgIpc) is 3.25. The van der Waals surface area contributed by atoms with E-state index in [0.29, 0.717) is 59.5 Å². The van der Waals surface area contributed by atoms with Crippen LogP contribution >= 0.6 is 0 Å². The van der Waals surface area contributed by atoms with Gasteiger partial charge in [0.1, 0.15) is 13.2 Å². The largest absolute Gasteiger partial charge is 0.486 e. The predicted molar refractivity (Wildman–Crippen MR) is 127 cm³/mol. The van der Waals surface area contributed by atoms with Crippen molar-refractivity contribution in [3.63, 3.8) is 0 Å². The lowest BCUT2D eigenvalue weighted by atomic mass is 10.1. The number of nitrogens with one attached hydrogen (secondary N) is 1. The van der Waals surface area contributed by atoms with E-state index in [0.717, 1.165) is 5.56 Å². The molecule has 180 valence electrons. The monoisotopic (exact) mass is 466 g/mol. The highest BCUT2D eigenvalue weighted by Crippen LogP contribution is 2.35. The molecule has 0 saturated carbocycles. The van der Waals surface area contributed by atoms with E-state index in [-0.39, 0.29) is 11.9 Å². The molecule has 3 aromatic rings. The summed E-state index contributed by atoms with van der Waals surface area (Å²) in [6.45, 7) is 11.0. The van der Waals surface area contributed by atoms with Crippen molar-refractivity contribution in [1.82, 2.24) is 20.1 Å². The van der Waals surface area contributed by atoms with Crippen LogP contribution in [0.4, 0.5) is 0 Å². The topological polar surface area (TPSA) is 105 Å². The standard InChI is InChI=1S/C25H30N4O5/c1-14(2)12-26-24(30)16(5)34-25(31)18-11-20(28-23-19(18)13-27-29(23)15(3)4)17-6-7-21-22(10-17)33-9-8-32-21/h6-7,10-11,13-16H,8-9,12H2,1-5H3,(H,26,30). The van der Waals surface area contributed by atoms with Crippen molar-refractivity contribution in [1.29, 1.82) is 0 Å². The van der Waals surface area contributed by atoms with Crippen molar-refractivity contribution in [2.45, 2.75) is 46.8 Å². The zero-order chi connectivity index (χ0) is 24.4. The molecular weight excluding hydrogens is 436 g/mol. The Bertz CT molecular complexity index is 1220. The van der Waals surface area contributed by atoms with Crippen LogP contribution in [0.1, 0.15) is 51.0 Å². The molecule has 1 aliphatic rings. The number of ether oxygens (including phenoxy) is 3. The van der Waals surface area contributed by atoms with Gasteiger partial charge in [-0.3, -0.25) is 4.79 Å². The van der Waals surface area contributed by atoms with Gasteiger partial charge in [-0.15, -0.1) is 0 Å². The zero-order valence-corrected chi connectivity index (χ0v) is 20.1. The van der Waals surface area contributed by atoms with Crippen LogP contribution in [0, 0.1) is 5.92 Å². The van der Waals surface area contributed by atoms with E-state index in [1.807, 2.05) is 45.9 Å². The minimum atomic E-state index is -0.938. The molecule has 1 aromatic carbocycles. The van der Waals surface area contributed by atoms with E-state index in [2.05, 4.69) is 10.4 Å². The third kappa shape index (κ3) is 4.83. The van der Waals surface area contributed by atoms with Crippen LogP contribution in [0.5, 0.6) is 11.5 Å². The minimum absolute atomic E-state index is 0.0325. The lowest BCUT2D eigenvalue weighted by molar-refractivity contribution is -0.129. The molecule has 4 rings (SSSR count). The van der Waals surface area contributed by atoms with Gasteiger partial charge >= 0.3 is 5.97 Å². The van der Waals surface area contributed by atoms with Crippen LogP contribution in [-0.2, 0) is 9.53 Å². The molecule has 0 saturated heterocycles. The van der Waals surface area contributed by atoms with E-state index >= 15 is 0 Å². The van der Waals surface area contributed by atoms with Gasteiger partial charge in [0, 0.05) is 18.2 Å². The van der Waals surface area contributed by atoms with Crippen LogP contribution in [-0.4, -0.2) is 52.5 Å². The second kappa shape index (κ2) is 9.70. The molecule has 9 nitrogen and oxygen atoms in total. The molecule has 1 amide bonds. The van der Waals surface area contributed by atoms with E-state index in [9.17, 15) is 9.59 Å². The molecule has 0 fully saturated rings. The number of esters is 1. The van der Waals surface area contributed by atoms with Crippen molar-refractivity contribution >= 4 is 22.9 Å². The molecule has 34 heavy (non-hydrogen) atoms. The summed E-state index contributed by atoms with van der Waals surface area (Å²) in [5.74, 6) is 0.646. The fraction of sp³-hybridized carbons (Fsp3) is 0.440. The van der Waals surface area contributed by atoms with Crippen molar-refractivity contribution in [3.05, 3.63) is 36.0 Å². The third-order valence-electron chi connectivity index (χ3n) is 5.45. The Kier molecular flexibility index (Phi) is 6.72. The molecule has 9 heteroatoms. The van der Waals surface area contributed by atoms with Gasteiger partial charge in [0.15, 0.2) is 23.3 Å². The summed E-state index contributed by atoms with van der Waals surface area (Å²) in [5, 5.41) is 7.78. The fourth-order valence-corrected chi connectivity index (χ4v) is 3.64. The van der Waals surface area contributed by atoms with E-state index in [4.69, 9.17) is 19.2 Å². The summed E-state index contributed by atoms with van der Waals surface area (Å²) in [6.07, 6.45) is 0.670. The maximum Gasteiger partial charge on any atom is 0.339 e. The van der Waals surface area contributed by atoms with Gasteiger partial charge in [0.25, 0.3) is 5.91 Å². The lowest BCUT2D eigenvalue weighted by Gasteiger charge is -2.19. The normalized spacial score (nSPS) is 13.9. The number of rotatable bonds is 7. The summed E-state index contributed by atoms with van der Waals surface area (Å²) in [6, 6.07) is 7.24. The smallest absolute Gasteiger partial charge is 0.339 e. The molecule has 1 unspecified atom stereocenters. The molecule has 1 N–H and O–H groups in total. The number of benzene rings is 1. The van der Waals surface area contributed by atoms with Crippen LogP contribution in [0.25, 0.3) is 22.3 Å².